The van der Waals surface area contributed by atoms with Gasteiger partial charge in [-0.15, -0.1) is 0 Å². The molecule has 0 saturated carbocycles. The number of ether oxygens (including phenoxy) is 1. The summed E-state index contributed by atoms with van der Waals surface area (Å²) in [5.41, 5.74) is 1.26. The Morgan fingerprint density at radius 2 is 2.20 bits per heavy atom. The van der Waals surface area contributed by atoms with Crippen molar-refractivity contribution in [2.75, 3.05) is 12.4 Å². The van der Waals surface area contributed by atoms with Crippen molar-refractivity contribution >= 4 is 23.0 Å². The Bertz CT molecular complexity index is 634. The normalized spacial score (nSPS) is 10.1. The largest absolute Gasteiger partial charge is 0.481 e. The van der Waals surface area contributed by atoms with Crippen LogP contribution in [0.25, 0.3) is 0 Å². The van der Waals surface area contributed by atoms with Crippen LogP contribution in [0.1, 0.15) is 5.56 Å². The molecule has 2 rings (SSSR count). The molecule has 0 amide bonds. The molecule has 0 bridgehead atoms. The molecule has 0 radical (unpaired) electrons. The quantitative estimate of drug-likeness (QED) is 0.676. The zero-order valence-corrected chi connectivity index (χ0v) is 11.4. The third-order valence-corrected chi connectivity index (χ3v) is 2.88. The number of nitrogens with one attached hydrogen (secondary N) is 1. The molecule has 0 atom stereocenters. The minimum absolute atomic E-state index is 0.0569. The van der Waals surface area contributed by atoms with Crippen LogP contribution in [0.5, 0.6) is 5.88 Å². The zero-order valence-electron chi connectivity index (χ0n) is 10.7. The van der Waals surface area contributed by atoms with Gasteiger partial charge < -0.3 is 10.1 Å². The number of halogens is 1. The lowest BCUT2D eigenvalue weighted by Gasteiger charge is -2.08. The summed E-state index contributed by atoms with van der Waals surface area (Å²) >= 11 is 5.76. The molecule has 0 saturated heterocycles. The molecular weight excluding hydrogens is 282 g/mol. The highest BCUT2D eigenvalue weighted by atomic mass is 35.5. The maximum atomic E-state index is 11.0. The van der Waals surface area contributed by atoms with E-state index in [1.54, 1.807) is 30.5 Å². The molecule has 0 aliphatic carbocycles. The maximum Gasteiger partial charge on any atom is 0.293 e. The maximum absolute atomic E-state index is 11.0. The fourth-order valence-corrected chi connectivity index (χ4v) is 1.84. The fraction of sp³-hybridized carbons (Fsp3) is 0.154. The summed E-state index contributed by atoms with van der Waals surface area (Å²) in [4.78, 5) is 14.5. The molecule has 1 aromatic carbocycles. The van der Waals surface area contributed by atoms with Gasteiger partial charge in [0, 0.05) is 29.9 Å². The van der Waals surface area contributed by atoms with Crippen molar-refractivity contribution in [2.45, 2.75) is 6.54 Å². The Morgan fingerprint density at radius 3 is 2.90 bits per heavy atom. The number of benzene rings is 1. The predicted octanol–water partition coefficient (Wildman–Crippen LogP) is 3.26. The first-order chi connectivity index (χ1) is 9.60. The van der Waals surface area contributed by atoms with E-state index in [4.69, 9.17) is 16.3 Å². The first-order valence-electron chi connectivity index (χ1n) is 5.77. The molecule has 20 heavy (non-hydrogen) atoms. The molecule has 1 heterocycles. The summed E-state index contributed by atoms with van der Waals surface area (Å²) in [6.07, 6.45) is 1.62. The van der Waals surface area contributed by atoms with Crippen LogP contribution in [0, 0.1) is 10.1 Å². The van der Waals surface area contributed by atoms with Crippen LogP contribution < -0.4 is 10.1 Å². The summed E-state index contributed by atoms with van der Waals surface area (Å²) in [6, 6.07) is 8.06. The van der Waals surface area contributed by atoms with Crippen LogP contribution in [0.2, 0.25) is 5.02 Å². The lowest BCUT2D eigenvalue weighted by atomic mass is 10.2. The van der Waals surface area contributed by atoms with Gasteiger partial charge in [-0.25, -0.2) is 4.98 Å². The number of nitro benzene ring substituents is 1. The van der Waals surface area contributed by atoms with E-state index in [1.165, 1.54) is 13.2 Å². The summed E-state index contributed by atoms with van der Waals surface area (Å²) in [6.45, 7) is 0.418. The van der Waals surface area contributed by atoms with Crippen LogP contribution in [0.3, 0.4) is 0 Å². The van der Waals surface area contributed by atoms with Crippen LogP contribution in [0.15, 0.2) is 36.5 Å². The van der Waals surface area contributed by atoms with Crippen LogP contribution >= 0.6 is 11.6 Å². The van der Waals surface area contributed by atoms with Crippen molar-refractivity contribution < 1.29 is 9.66 Å². The summed E-state index contributed by atoms with van der Waals surface area (Å²) in [7, 11) is 1.53. The Kier molecular flexibility index (Phi) is 4.37. The number of anilines is 1. The first-order valence-corrected chi connectivity index (χ1v) is 6.14. The highest BCUT2D eigenvalue weighted by Crippen LogP contribution is 2.28. The van der Waals surface area contributed by atoms with E-state index >= 15 is 0 Å². The Hall–Kier alpha value is -2.34. The van der Waals surface area contributed by atoms with Crippen LogP contribution in [-0.2, 0) is 6.54 Å². The molecule has 0 spiro atoms. The van der Waals surface area contributed by atoms with Gasteiger partial charge in [-0.2, -0.15) is 0 Å². The molecule has 0 aliphatic rings. The van der Waals surface area contributed by atoms with Gasteiger partial charge in [0.25, 0.3) is 5.69 Å². The number of nitrogens with zero attached hydrogens (tertiary/aromatic N) is 2. The minimum atomic E-state index is -0.471. The van der Waals surface area contributed by atoms with Gasteiger partial charge in [-0.3, -0.25) is 10.1 Å². The lowest BCUT2D eigenvalue weighted by Crippen LogP contribution is -2.03. The number of pyridine rings is 1. The van der Waals surface area contributed by atoms with Gasteiger partial charge in [-0.05, 0) is 23.8 Å². The van der Waals surface area contributed by atoms with Gasteiger partial charge in [0.05, 0.1) is 12.0 Å². The van der Waals surface area contributed by atoms with Crippen molar-refractivity contribution in [3.8, 4) is 5.88 Å². The highest BCUT2D eigenvalue weighted by molar-refractivity contribution is 6.30. The number of rotatable bonds is 5. The first kappa shape index (κ1) is 14.1. The Labute approximate surface area is 120 Å². The third kappa shape index (κ3) is 3.36. The van der Waals surface area contributed by atoms with E-state index in [0.717, 1.165) is 5.56 Å². The topological polar surface area (TPSA) is 77.3 Å². The Morgan fingerprint density at radius 1 is 1.40 bits per heavy atom. The molecule has 0 aliphatic heterocycles. The smallest absolute Gasteiger partial charge is 0.293 e. The zero-order chi connectivity index (χ0) is 14.5. The van der Waals surface area contributed by atoms with Crippen molar-refractivity contribution in [3.05, 3.63) is 57.2 Å². The van der Waals surface area contributed by atoms with Gasteiger partial charge in [-0.1, -0.05) is 11.6 Å². The Balaban J connectivity index is 2.16. The number of hydrogen-bond acceptors (Lipinski definition) is 5. The van der Waals surface area contributed by atoms with E-state index in [2.05, 4.69) is 10.3 Å². The molecule has 0 fully saturated rings. The number of hydrogen-bond donors (Lipinski definition) is 1. The van der Waals surface area contributed by atoms with E-state index < -0.39 is 4.92 Å². The molecule has 0 unspecified atom stereocenters. The van der Waals surface area contributed by atoms with Gasteiger partial charge in [0.1, 0.15) is 5.69 Å². The molecule has 1 N–H and O–H groups in total. The molecule has 7 heteroatoms. The average molecular weight is 294 g/mol. The standard InChI is InChI=1S/C13H12ClN3O3/c1-20-13-6-9(4-5-15-13)8-16-11-3-2-10(14)7-12(11)17(18)19/h2-7,16H,8H2,1H3. The second kappa shape index (κ2) is 6.21. The van der Waals surface area contributed by atoms with E-state index in [-0.39, 0.29) is 5.69 Å². The van der Waals surface area contributed by atoms with E-state index in [0.29, 0.717) is 23.1 Å². The third-order valence-electron chi connectivity index (χ3n) is 2.65. The summed E-state index contributed by atoms with van der Waals surface area (Å²) < 4.78 is 5.02. The molecule has 1 aromatic heterocycles. The molecule has 6 nitrogen and oxygen atoms in total. The number of methoxy groups -OCH3 is 1. The second-order valence-corrected chi connectivity index (χ2v) is 4.42. The monoisotopic (exact) mass is 293 g/mol. The lowest BCUT2D eigenvalue weighted by molar-refractivity contribution is -0.383. The van der Waals surface area contributed by atoms with Gasteiger partial charge >= 0.3 is 0 Å². The average Bonchev–Trinajstić information content (AvgIpc) is 2.46. The highest BCUT2D eigenvalue weighted by Gasteiger charge is 2.13. The minimum Gasteiger partial charge on any atom is -0.481 e. The number of nitro groups is 1. The second-order valence-electron chi connectivity index (χ2n) is 3.98. The molecule has 104 valence electrons. The number of aromatic nitrogens is 1. The van der Waals surface area contributed by atoms with Gasteiger partial charge in [0.2, 0.25) is 5.88 Å². The van der Waals surface area contributed by atoms with Crippen molar-refractivity contribution in [2.24, 2.45) is 0 Å². The van der Waals surface area contributed by atoms with Crippen molar-refractivity contribution in [1.82, 2.24) is 4.98 Å². The molecular formula is C13H12ClN3O3. The summed E-state index contributed by atoms with van der Waals surface area (Å²) in [5, 5.41) is 14.3. The van der Waals surface area contributed by atoms with Crippen molar-refractivity contribution in [1.29, 1.82) is 0 Å². The molecule has 2 aromatic rings. The van der Waals surface area contributed by atoms with Gasteiger partial charge in [0.15, 0.2) is 0 Å². The predicted molar refractivity (Wildman–Crippen MR) is 76.2 cm³/mol. The van der Waals surface area contributed by atoms with Crippen molar-refractivity contribution in [3.63, 3.8) is 0 Å². The van der Waals surface area contributed by atoms with Crippen LogP contribution in [-0.4, -0.2) is 17.0 Å². The van der Waals surface area contributed by atoms with Crippen LogP contribution in [0.4, 0.5) is 11.4 Å². The fourth-order valence-electron chi connectivity index (χ4n) is 1.67. The SMILES string of the molecule is COc1cc(CNc2ccc(Cl)cc2[N+](=O)[O-])ccn1. The summed E-state index contributed by atoms with van der Waals surface area (Å²) in [5.74, 6) is 0.495. The van der Waals surface area contributed by atoms with E-state index in [9.17, 15) is 10.1 Å². The van der Waals surface area contributed by atoms with E-state index in [1.807, 2.05) is 0 Å².